The van der Waals surface area contributed by atoms with Crippen LogP contribution in [0.15, 0.2) is 34.7 Å². The predicted molar refractivity (Wildman–Crippen MR) is 77.2 cm³/mol. The van der Waals surface area contributed by atoms with E-state index < -0.39 is 16.8 Å². The summed E-state index contributed by atoms with van der Waals surface area (Å²) in [5.41, 5.74) is -0.224. The van der Waals surface area contributed by atoms with E-state index in [1.54, 1.807) is 0 Å². The van der Waals surface area contributed by atoms with Crippen molar-refractivity contribution in [2.75, 3.05) is 0 Å². The lowest BCUT2D eigenvalue weighted by Crippen LogP contribution is -2.02. The number of hydrogen-bond donors (Lipinski definition) is 0. The van der Waals surface area contributed by atoms with Gasteiger partial charge in [-0.05, 0) is 29.8 Å². The summed E-state index contributed by atoms with van der Waals surface area (Å²) in [6.45, 7) is -3.10. The van der Waals surface area contributed by atoms with Gasteiger partial charge in [-0.2, -0.15) is 8.78 Å². The lowest BCUT2D eigenvalue weighted by Gasteiger charge is -2.06. The normalized spacial score (nSPS) is 11.3. The molecule has 0 amide bonds. The van der Waals surface area contributed by atoms with E-state index in [1.165, 1.54) is 24.3 Å². The maximum atomic E-state index is 12.5. The number of furan rings is 1. The van der Waals surface area contributed by atoms with E-state index in [4.69, 9.17) is 16.0 Å². The first-order valence-electron chi connectivity index (χ1n) is 6.17. The van der Waals surface area contributed by atoms with Crippen molar-refractivity contribution < 1.29 is 27.7 Å². The average molecular weight is 342 g/mol. The number of non-ortho nitro benzene ring substituents is 1. The first kappa shape index (κ1) is 15.2. The summed E-state index contributed by atoms with van der Waals surface area (Å²) >= 11 is 5.50. The maximum absolute atomic E-state index is 12.5. The van der Waals surface area contributed by atoms with Gasteiger partial charge in [-0.15, -0.1) is 0 Å². The van der Waals surface area contributed by atoms with Crippen LogP contribution in [-0.2, 0) is 0 Å². The summed E-state index contributed by atoms with van der Waals surface area (Å²) in [5, 5.41) is 10.3. The number of fused-ring (bicyclic) bond motifs is 3. The number of benzene rings is 2. The number of carbonyl (C=O) groups excluding carboxylic acids is 1. The molecule has 0 unspecified atom stereocenters. The zero-order valence-electron chi connectivity index (χ0n) is 11.1. The minimum Gasteiger partial charge on any atom is -0.452 e. The zero-order chi connectivity index (χ0) is 16.7. The van der Waals surface area contributed by atoms with Gasteiger partial charge in [0.2, 0.25) is 0 Å². The van der Waals surface area contributed by atoms with E-state index in [2.05, 4.69) is 4.74 Å². The molecule has 0 aliphatic carbocycles. The van der Waals surface area contributed by atoms with Crippen LogP contribution in [0.4, 0.5) is 14.5 Å². The molecule has 0 N–H and O–H groups in total. The standard InChI is InChI=1S/C14H6ClF2NO5/c15-13(19)7-2-4-10(23-14(16)17)12-11(7)8-5-6(18(20)21)1-3-9(8)22-12/h1-5,14H. The van der Waals surface area contributed by atoms with E-state index >= 15 is 0 Å². The quantitative estimate of drug-likeness (QED) is 0.397. The number of hydrogen-bond acceptors (Lipinski definition) is 5. The molecule has 0 aliphatic rings. The molecule has 1 heterocycles. The highest BCUT2D eigenvalue weighted by Crippen LogP contribution is 2.39. The van der Waals surface area contributed by atoms with Gasteiger partial charge in [0.1, 0.15) is 5.58 Å². The van der Waals surface area contributed by atoms with E-state index in [1.807, 2.05) is 0 Å². The number of carbonyl (C=O) groups is 1. The third-order valence-corrected chi connectivity index (χ3v) is 3.41. The van der Waals surface area contributed by atoms with E-state index in [9.17, 15) is 23.7 Å². The Balaban J connectivity index is 2.41. The van der Waals surface area contributed by atoms with Crippen molar-refractivity contribution in [1.82, 2.24) is 0 Å². The Kier molecular flexibility index (Phi) is 3.61. The summed E-state index contributed by atoms with van der Waals surface area (Å²) in [6, 6.07) is 6.00. The van der Waals surface area contributed by atoms with Crippen molar-refractivity contribution in [1.29, 1.82) is 0 Å². The molecule has 0 radical (unpaired) electrons. The summed E-state index contributed by atoms with van der Waals surface area (Å²) in [6.07, 6.45) is 0. The number of nitrogens with zero attached hydrogens (tertiary/aromatic N) is 1. The van der Waals surface area contributed by atoms with Gasteiger partial charge < -0.3 is 9.15 Å². The van der Waals surface area contributed by atoms with Crippen LogP contribution in [0.3, 0.4) is 0 Å². The van der Waals surface area contributed by atoms with Crippen LogP contribution >= 0.6 is 11.6 Å². The molecule has 23 heavy (non-hydrogen) atoms. The molecule has 118 valence electrons. The highest BCUT2D eigenvalue weighted by molar-refractivity contribution is 6.69. The van der Waals surface area contributed by atoms with Gasteiger partial charge in [-0.25, -0.2) is 0 Å². The molecular formula is C14H6ClF2NO5. The van der Waals surface area contributed by atoms with Crippen LogP contribution in [0, 0.1) is 10.1 Å². The summed E-state index contributed by atoms with van der Waals surface area (Å²) in [5.74, 6) is -0.296. The van der Waals surface area contributed by atoms with Crippen LogP contribution in [0.1, 0.15) is 10.4 Å². The molecule has 0 aliphatic heterocycles. The maximum Gasteiger partial charge on any atom is 0.387 e. The monoisotopic (exact) mass is 341 g/mol. The fourth-order valence-corrected chi connectivity index (χ4v) is 2.47. The molecule has 0 saturated carbocycles. The Labute approximate surface area is 131 Å². The highest BCUT2D eigenvalue weighted by Gasteiger charge is 2.22. The molecule has 0 fully saturated rings. The van der Waals surface area contributed by atoms with Crippen molar-refractivity contribution in [3.05, 3.63) is 46.0 Å². The molecule has 0 spiro atoms. The van der Waals surface area contributed by atoms with Crippen LogP contribution in [0.5, 0.6) is 5.75 Å². The summed E-state index contributed by atoms with van der Waals surface area (Å²) in [4.78, 5) is 21.8. The number of nitro benzene ring substituents is 1. The van der Waals surface area contributed by atoms with Crippen molar-refractivity contribution in [3.8, 4) is 5.75 Å². The number of halogens is 3. The SMILES string of the molecule is O=C(Cl)c1ccc(OC(F)F)c2oc3ccc([N+](=O)[O-])cc3c12. The molecular weight excluding hydrogens is 336 g/mol. The van der Waals surface area contributed by atoms with Gasteiger partial charge in [0.25, 0.3) is 10.9 Å². The van der Waals surface area contributed by atoms with Gasteiger partial charge in [0.15, 0.2) is 11.3 Å². The molecule has 9 heteroatoms. The number of nitro groups is 1. The summed E-state index contributed by atoms with van der Waals surface area (Å²) < 4.78 is 34.7. The molecule has 0 atom stereocenters. The molecule has 2 aromatic carbocycles. The Hall–Kier alpha value is -2.74. The van der Waals surface area contributed by atoms with Crippen molar-refractivity contribution in [3.63, 3.8) is 0 Å². The van der Waals surface area contributed by atoms with Gasteiger partial charge >= 0.3 is 6.61 Å². The van der Waals surface area contributed by atoms with Crippen LogP contribution in [-0.4, -0.2) is 16.8 Å². The lowest BCUT2D eigenvalue weighted by molar-refractivity contribution is -0.384. The number of ether oxygens (including phenoxy) is 1. The fourth-order valence-electron chi connectivity index (χ4n) is 2.31. The van der Waals surface area contributed by atoms with Gasteiger partial charge in [-0.1, -0.05) is 0 Å². The second-order valence-corrected chi connectivity index (χ2v) is 4.85. The van der Waals surface area contributed by atoms with Crippen LogP contribution in [0.2, 0.25) is 0 Å². The Morgan fingerprint density at radius 2 is 2.04 bits per heavy atom. The second-order valence-electron chi connectivity index (χ2n) is 4.51. The zero-order valence-corrected chi connectivity index (χ0v) is 11.8. The Bertz CT molecular complexity index is 953. The van der Waals surface area contributed by atoms with Crippen molar-refractivity contribution in [2.45, 2.75) is 6.61 Å². The van der Waals surface area contributed by atoms with Gasteiger partial charge in [-0.3, -0.25) is 14.9 Å². The smallest absolute Gasteiger partial charge is 0.387 e. The molecule has 0 bridgehead atoms. The average Bonchev–Trinajstić information content (AvgIpc) is 2.85. The van der Waals surface area contributed by atoms with E-state index in [-0.39, 0.29) is 38.9 Å². The third kappa shape index (κ3) is 2.57. The van der Waals surface area contributed by atoms with Crippen molar-refractivity contribution in [2.24, 2.45) is 0 Å². The second kappa shape index (κ2) is 5.47. The number of rotatable bonds is 4. The first-order chi connectivity index (χ1) is 10.9. The Morgan fingerprint density at radius 3 is 2.65 bits per heavy atom. The molecule has 3 aromatic rings. The predicted octanol–water partition coefficient (Wildman–Crippen LogP) is 4.47. The molecule has 1 aromatic heterocycles. The first-order valence-corrected chi connectivity index (χ1v) is 6.54. The topological polar surface area (TPSA) is 82.6 Å². The van der Waals surface area contributed by atoms with Crippen molar-refractivity contribution >= 4 is 44.5 Å². The molecule has 0 saturated heterocycles. The minimum atomic E-state index is -3.10. The number of alkyl halides is 2. The highest BCUT2D eigenvalue weighted by atomic mass is 35.5. The molecule has 6 nitrogen and oxygen atoms in total. The van der Waals surface area contributed by atoms with Crippen LogP contribution < -0.4 is 4.74 Å². The lowest BCUT2D eigenvalue weighted by atomic mass is 10.1. The van der Waals surface area contributed by atoms with Gasteiger partial charge in [0, 0.05) is 28.5 Å². The fraction of sp³-hybridized carbons (Fsp3) is 0.0714. The summed E-state index contributed by atoms with van der Waals surface area (Å²) in [7, 11) is 0. The largest absolute Gasteiger partial charge is 0.452 e. The van der Waals surface area contributed by atoms with Gasteiger partial charge in [0.05, 0.1) is 4.92 Å². The Morgan fingerprint density at radius 1 is 1.30 bits per heavy atom. The molecule has 3 rings (SSSR count). The van der Waals surface area contributed by atoms with Crippen LogP contribution in [0.25, 0.3) is 21.9 Å². The minimum absolute atomic E-state index is 0.0254. The third-order valence-electron chi connectivity index (χ3n) is 3.20. The van der Waals surface area contributed by atoms with E-state index in [0.717, 1.165) is 6.07 Å². The van der Waals surface area contributed by atoms with E-state index in [0.29, 0.717) is 0 Å².